The van der Waals surface area contributed by atoms with E-state index >= 15 is 0 Å². The van der Waals surface area contributed by atoms with Gasteiger partial charge in [-0.3, -0.25) is 4.79 Å². The number of piperazine rings is 1. The summed E-state index contributed by atoms with van der Waals surface area (Å²) in [4.78, 5) is 31.6. The summed E-state index contributed by atoms with van der Waals surface area (Å²) in [5.74, 6) is 0.374. The molecule has 27 heavy (non-hydrogen) atoms. The van der Waals surface area contributed by atoms with Crippen molar-refractivity contribution in [1.82, 2.24) is 14.7 Å². The van der Waals surface area contributed by atoms with Crippen LogP contribution in [0.2, 0.25) is 5.02 Å². The van der Waals surface area contributed by atoms with Gasteiger partial charge < -0.3 is 19.4 Å². The van der Waals surface area contributed by atoms with Crippen LogP contribution in [-0.4, -0.2) is 72.1 Å². The zero-order chi connectivity index (χ0) is 19.6. The van der Waals surface area contributed by atoms with Crippen LogP contribution in [0.25, 0.3) is 0 Å². The van der Waals surface area contributed by atoms with Gasteiger partial charge in [-0.1, -0.05) is 37.6 Å². The number of urea groups is 1. The average Bonchev–Trinajstić information content (AvgIpc) is 2.93. The van der Waals surface area contributed by atoms with E-state index in [-0.39, 0.29) is 24.0 Å². The maximum atomic E-state index is 13.1. The van der Waals surface area contributed by atoms with Crippen LogP contribution < -0.4 is 0 Å². The molecule has 0 bridgehead atoms. The second kappa shape index (κ2) is 8.48. The number of fused-ring (bicyclic) bond motifs is 1. The second-order valence-corrected chi connectivity index (χ2v) is 8.21. The number of halogens is 1. The van der Waals surface area contributed by atoms with Crippen LogP contribution in [-0.2, 0) is 16.1 Å². The van der Waals surface area contributed by atoms with Crippen molar-refractivity contribution in [2.45, 2.75) is 38.9 Å². The number of carbonyl (C=O) groups is 2. The Bertz CT molecular complexity index is 680. The van der Waals surface area contributed by atoms with Crippen molar-refractivity contribution < 1.29 is 14.3 Å². The molecule has 1 aromatic carbocycles. The number of hydrogen-bond acceptors (Lipinski definition) is 3. The van der Waals surface area contributed by atoms with E-state index in [2.05, 4.69) is 13.8 Å². The zero-order valence-corrected chi connectivity index (χ0v) is 17.0. The van der Waals surface area contributed by atoms with Gasteiger partial charge in [0, 0.05) is 38.3 Å². The fourth-order valence-corrected chi connectivity index (χ4v) is 4.08. The number of amides is 3. The lowest BCUT2D eigenvalue weighted by atomic mass is 9.97. The maximum Gasteiger partial charge on any atom is 0.321 e. The van der Waals surface area contributed by atoms with Gasteiger partial charge in [0.2, 0.25) is 5.91 Å². The summed E-state index contributed by atoms with van der Waals surface area (Å²) < 4.78 is 5.16. The molecule has 1 aromatic rings. The largest absolute Gasteiger partial charge is 0.383 e. The van der Waals surface area contributed by atoms with E-state index < -0.39 is 0 Å². The third-order valence-corrected chi connectivity index (χ3v) is 5.48. The molecule has 0 unspecified atom stereocenters. The molecule has 0 spiro atoms. The highest BCUT2D eigenvalue weighted by atomic mass is 35.5. The van der Waals surface area contributed by atoms with Gasteiger partial charge in [0.15, 0.2) is 0 Å². The Hall–Kier alpha value is -1.79. The summed E-state index contributed by atoms with van der Waals surface area (Å²) in [5.41, 5.74) is 1.04. The fraction of sp³-hybridized carbons (Fsp3) is 0.600. The predicted octanol–water partition coefficient (Wildman–Crippen LogP) is 2.85. The van der Waals surface area contributed by atoms with Crippen molar-refractivity contribution >= 4 is 23.5 Å². The molecular weight excluding hydrogens is 366 g/mol. The van der Waals surface area contributed by atoms with Gasteiger partial charge in [0.25, 0.3) is 0 Å². The quantitative estimate of drug-likeness (QED) is 0.715. The summed E-state index contributed by atoms with van der Waals surface area (Å²) >= 11 is 5.96. The summed E-state index contributed by atoms with van der Waals surface area (Å²) in [6.07, 6.45) is 0.680. The Morgan fingerprint density at radius 2 is 1.81 bits per heavy atom. The van der Waals surface area contributed by atoms with Gasteiger partial charge in [0.05, 0.1) is 12.6 Å². The van der Waals surface area contributed by atoms with Gasteiger partial charge in [-0.25, -0.2) is 4.79 Å². The maximum absolute atomic E-state index is 13.1. The van der Waals surface area contributed by atoms with E-state index in [0.717, 1.165) is 5.56 Å². The minimum atomic E-state index is -0.386. The number of hydrogen-bond donors (Lipinski definition) is 0. The van der Waals surface area contributed by atoms with Crippen LogP contribution >= 0.6 is 11.6 Å². The van der Waals surface area contributed by atoms with Crippen molar-refractivity contribution in [2.24, 2.45) is 5.92 Å². The lowest BCUT2D eigenvalue weighted by Gasteiger charge is -2.42. The topological polar surface area (TPSA) is 53.1 Å². The standard InChI is InChI=1S/C20H28ClN3O3/c1-14(2)10-18-19(25)22(8-9-27-3)12-17-13-23(20(26)24(17)18)11-15-4-6-16(21)7-5-15/h4-7,14,17-18H,8-13H2,1-3H3/t17-,18+/m1/s1. The summed E-state index contributed by atoms with van der Waals surface area (Å²) in [6.45, 7) is 6.98. The molecule has 2 saturated heterocycles. The summed E-state index contributed by atoms with van der Waals surface area (Å²) in [7, 11) is 1.64. The van der Waals surface area contributed by atoms with Gasteiger partial charge >= 0.3 is 6.03 Å². The van der Waals surface area contributed by atoms with Crippen LogP contribution in [0.1, 0.15) is 25.8 Å². The molecule has 3 rings (SSSR count). The molecule has 2 aliphatic rings. The van der Waals surface area contributed by atoms with Crippen LogP contribution in [0, 0.1) is 5.92 Å². The van der Waals surface area contributed by atoms with Crippen LogP contribution in [0.3, 0.4) is 0 Å². The van der Waals surface area contributed by atoms with Gasteiger partial charge in [-0.15, -0.1) is 0 Å². The molecule has 0 aliphatic carbocycles. The lowest BCUT2D eigenvalue weighted by Crippen LogP contribution is -2.61. The number of ether oxygens (including phenoxy) is 1. The molecule has 148 valence electrons. The van der Waals surface area contributed by atoms with Gasteiger partial charge in [0.1, 0.15) is 6.04 Å². The van der Waals surface area contributed by atoms with E-state index in [1.54, 1.807) is 7.11 Å². The molecule has 0 N–H and O–H groups in total. The Morgan fingerprint density at radius 1 is 1.15 bits per heavy atom. The monoisotopic (exact) mass is 393 g/mol. The molecule has 0 radical (unpaired) electrons. The third kappa shape index (κ3) is 4.38. The first-order valence-electron chi connectivity index (χ1n) is 9.50. The van der Waals surface area contributed by atoms with Crippen LogP contribution in [0.15, 0.2) is 24.3 Å². The Kier molecular flexibility index (Phi) is 6.27. The van der Waals surface area contributed by atoms with E-state index in [0.29, 0.717) is 50.1 Å². The highest BCUT2D eigenvalue weighted by molar-refractivity contribution is 6.30. The van der Waals surface area contributed by atoms with Crippen molar-refractivity contribution in [3.05, 3.63) is 34.9 Å². The Labute approximate surface area is 166 Å². The molecule has 2 atom stereocenters. The molecule has 3 amide bonds. The first-order valence-corrected chi connectivity index (χ1v) is 9.88. The Morgan fingerprint density at radius 3 is 2.44 bits per heavy atom. The smallest absolute Gasteiger partial charge is 0.321 e. The van der Waals surface area contributed by atoms with Crippen molar-refractivity contribution in [3.63, 3.8) is 0 Å². The SMILES string of the molecule is COCCN1C[C@@H]2CN(Cc3ccc(Cl)cc3)C(=O)N2[C@@H](CC(C)C)C1=O. The van der Waals surface area contributed by atoms with Gasteiger partial charge in [-0.2, -0.15) is 0 Å². The first kappa shape index (κ1) is 20.0. The number of nitrogens with zero attached hydrogens (tertiary/aromatic N) is 3. The lowest BCUT2D eigenvalue weighted by molar-refractivity contribution is -0.143. The van der Waals surface area contributed by atoms with Gasteiger partial charge in [-0.05, 0) is 30.0 Å². The fourth-order valence-electron chi connectivity index (χ4n) is 3.95. The highest BCUT2D eigenvalue weighted by Gasteiger charge is 2.49. The molecule has 2 fully saturated rings. The normalized spacial score (nSPS) is 22.8. The number of rotatable bonds is 7. The molecular formula is C20H28ClN3O3. The molecule has 0 saturated carbocycles. The molecule has 7 heteroatoms. The summed E-state index contributed by atoms with van der Waals surface area (Å²) in [6, 6.07) is 7.15. The molecule has 0 aromatic heterocycles. The number of methoxy groups -OCH3 is 1. The molecule has 6 nitrogen and oxygen atoms in total. The first-order chi connectivity index (χ1) is 12.9. The zero-order valence-electron chi connectivity index (χ0n) is 16.2. The van der Waals surface area contributed by atoms with Crippen LogP contribution in [0.5, 0.6) is 0 Å². The van der Waals surface area contributed by atoms with E-state index in [1.165, 1.54) is 0 Å². The highest BCUT2D eigenvalue weighted by Crippen LogP contribution is 2.30. The van der Waals surface area contributed by atoms with Crippen molar-refractivity contribution in [2.75, 3.05) is 33.4 Å². The van der Waals surface area contributed by atoms with Crippen LogP contribution in [0.4, 0.5) is 4.79 Å². The average molecular weight is 394 g/mol. The minimum Gasteiger partial charge on any atom is -0.383 e. The van der Waals surface area contributed by atoms with Crippen molar-refractivity contribution in [3.8, 4) is 0 Å². The third-order valence-electron chi connectivity index (χ3n) is 5.23. The minimum absolute atomic E-state index is 0.0307. The molecule has 2 aliphatic heterocycles. The van der Waals surface area contributed by atoms with Crippen molar-refractivity contribution in [1.29, 1.82) is 0 Å². The summed E-state index contributed by atoms with van der Waals surface area (Å²) in [5, 5.41) is 0.681. The molecule has 2 heterocycles. The van der Waals surface area contributed by atoms with E-state index in [4.69, 9.17) is 16.3 Å². The second-order valence-electron chi connectivity index (χ2n) is 7.77. The Balaban J connectivity index is 1.78. The van der Waals surface area contributed by atoms with E-state index in [9.17, 15) is 9.59 Å². The number of carbonyl (C=O) groups excluding carboxylic acids is 2. The van der Waals surface area contributed by atoms with E-state index in [1.807, 2.05) is 39.0 Å². The predicted molar refractivity (Wildman–Crippen MR) is 105 cm³/mol. The number of benzene rings is 1.